The van der Waals surface area contributed by atoms with Gasteiger partial charge in [-0.1, -0.05) is 54.6 Å². The molecule has 0 aliphatic heterocycles. The number of hydrogen-bond donors (Lipinski definition) is 1. The van der Waals surface area contributed by atoms with Gasteiger partial charge in [-0.05, 0) is 34.8 Å². The van der Waals surface area contributed by atoms with E-state index < -0.39 is 0 Å². The van der Waals surface area contributed by atoms with Gasteiger partial charge >= 0.3 is 6.09 Å². The Hall–Kier alpha value is -2.92. The fourth-order valence-electron chi connectivity index (χ4n) is 3.42. The zero-order chi connectivity index (χ0) is 18.5. The lowest BCUT2D eigenvalue weighted by atomic mass is 9.98. The first-order valence-electron chi connectivity index (χ1n) is 8.96. The van der Waals surface area contributed by atoms with Crippen LogP contribution >= 0.6 is 11.3 Å². The lowest BCUT2D eigenvalue weighted by Crippen LogP contribution is -2.26. The minimum Gasteiger partial charge on any atom is -0.449 e. The van der Waals surface area contributed by atoms with Crippen LogP contribution in [-0.4, -0.2) is 24.2 Å². The summed E-state index contributed by atoms with van der Waals surface area (Å²) >= 11 is 1.57. The van der Waals surface area contributed by atoms with E-state index in [1.54, 1.807) is 16.8 Å². The van der Waals surface area contributed by atoms with E-state index in [9.17, 15) is 4.79 Å². The number of alkyl carbamates (subject to hydrolysis) is 1. The molecule has 0 saturated heterocycles. The average molecular weight is 376 g/mol. The molecule has 1 amide bonds. The van der Waals surface area contributed by atoms with Crippen molar-refractivity contribution in [3.05, 3.63) is 82.3 Å². The van der Waals surface area contributed by atoms with Gasteiger partial charge in [-0.25, -0.2) is 9.78 Å². The lowest BCUT2D eigenvalue weighted by Gasteiger charge is -2.14. The number of amides is 1. The summed E-state index contributed by atoms with van der Waals surface area (Å²) in [6.07, 6.45) is 4.31. The van der Waals surface area contributed by atoms with Gasteiger partial charge in [0, 0.05) is 17.8 Å². The number of carbonyl (C=O) groups is 1. The van der Waals surface area contributed by atoms with E-state index in [4.69, 9.17) is 4.74 Å². The molecule has 2 aromatic carbocycles. The van der Waals surface area contributed by atoms with Crippen molar-refractivity contribution in [3.8, 4) is 11.1 Å². The molecule has 0 spiro atoms. The Kier molecular flexibility index (Phi) is 5.30. The van der Waals surface area contributed by atoms with Crippen molar-refractivity contribution in [2.45, 2.75) is 12.3 Å². The summed E-state index contributed by atoms with van der Waals surface area (Å²) in [5.74, 6) is 0.0905. The monoisotopic (exact) mass is 376 g/mol. The highest BCUT2D eigenvalue weighted by Crippen LogP contribution is 2.44. The highest BCUT2D eigenvalue weighted by molar-refractivity contribution is 7.07. The second-order valence-corrected chi connectivity index (χ2v) is 7.08. The maximum atomic E-state index is 12.0. The Balaban J connectivity index is 1.30. The second-order valence-electron chi connectivity index (χ2n) is 6.36. The van der Waals surface area contributed by atoms with Crippen molar-refractivity contribution in [1.29, 1.82) is 0 Å². The number of hydrogen-bond acceptors (Lipinski definition) is 4. The van der Waals surface area contributed by atoms with E-state index in [1.165, 1.54) is 22.3 Å². The van der Waals surface area contributed by atoms with Crippen molar-refractivity contribution < 1.29 is 9.53 Å². The molecule has 0 atom stereocenters. The molecule has 0 saturated carbocycles. The predicted octanol–water partition coefficient (Wildman–Crippen LogP) is 5.09. The Morgan fingerprint density at radius 2 is 1.81 bits per heavy atom. The van der Waals surface area contributed by atoms with E-state index in [1.807, 2.05) is 41.8 Å². The number of carbonyl (C=O) groups excluding carboxylic acids is 1. The fraction of sp³-hybridized carbons (Fsp3) is 0.182. The van der Waals surface area contributed by atoms with Crippen molar-refractivity contribution in [2.75, 3.05) is 13.2 Å². The van der Waals surface area contributed by atoms with Gasteiger partial charge < -0.3 is 10.1 Å². The van der Waals surface area contributed by atoms with E-state index >= 15 is 0 Å². The summed E-state index contributed by atoms with van der Waals surface area (Å²) in [6, 6.07) is 16.6. The van der Waals surface area contributed by atoms with Crippen LogP contribution in [0.4, 0.5) is 4.79 Å². The van der Waals surface area contributed by atoms with Crippen LogP contribution in [0.1, 0.15) is 29.2 Å². The number of nitrogens with zero attached hydrogens (tertiary/aromatic N) is 1. The third-order valence-corrected chi connectivity index (χ3v) is 5.27. The topological polar surface area (TPSA) is 51.2 Å². The molecule has 136 valence electrons. The molecule has 1 aliphatic carbocycles. The lowest BCUT2D eigenvalue weighted by molar-refractivity contribution is 0.143. The summed E-state index contributed by atoms with van der Waals surface area (Å²) in [7, 11) is 0. The molecule has 4 rings (SSSR count). The van der Waals surface area contributed by atoms with Gasteiger partial charge in [-0.3, -0.25) is 0 Å². The van der Waals surface area contributed by atoms with Crippen LogP contribution in [0.15, 0.2) is 65.5 Å². The molecule has 1 aromatic heterocycles. The van der Waals surface area contributed by atoms with Crippen molar-refractivity contribution in [1.82, 2.24) is 10.3 Å². The molecule has 0 fully saturated rings. The number of benzene rings is 2. The molecular weight excluding hydrogens is 356 g/mol. The molecule has 0 unspecified atom stereocenters. The highest BCUT2D eigenvalue weighted by atomic mass is 32.1. The van der Waals surface area contributed by atoms with Crippen molar-refractivity contribution in [2.24, 2.45) is 0 Å². The molecule has 1 aliphatic rings. The quantitative estimate of drug-likeness (QED) is 0.610. The van der Waals surface area contributed by atoms with Gasteiger partial charge in [0.25, 0.3) is 0 Å². The first-order valence-corrected chi connectivity index (χ1v) is 9.91. The molecule has 4 nitrogen and oxygen atoms in total. The smallest absolute Gasteiger partial charge is 0.407 e. The number of fused-ring (bicyclic) bond motifs is 3. The van der Waals surface area contributed by atoms with E-state index in [-0.39, 0.29) is 12.0 Å². The first-order chi connectivity index (χ1) is 13.3. The Bertz CT molecular complexity index is 905. The van der Waals surface area contributed by atoms with Crippen LogP contribution in [0.5, 0.6) is 0 Å². The highest BCUT2D eigenvalue weighted by Gasteiger charge is 2.28. The SMILES string of the molecule is O=C(NCCC=Cc1cscn1)OCC1c2ccccc2-c2ccccc21. The maximum Gasteiger partial charge on any atom is 0.407 e. The van der Waals surface area contributed by atoms with Gasteiger partial charge in [0.2, 0.25) is 0 Å². The predicted molar refractivity (Wildman–Crippen MR) is 109 cm³/mol. The zero-order valence-corrected chi connectivity index (χ0v) is 15.6. The summed E-state index contributed by atoms with van der Waals surface area (Å²) in [5, 5.41) is 4.79. The fourth-order valence-corrected chi connectivity index (χ4v) is 3.94. The summed E-state index contributed by atoms with van der Waals surface area (Å²) < 4.78 is 5.51. The van der Waals surface area contributed by atoms with Gasteiger partial charge in [-0.15, -0.1) is 11.3 Å². The molecule has 0 radical (unpaired) electrons. The Morgan fingerprint density at radius 3 is 2.48 bits per heavy atom. The minimum atomic E-state index is -0.376. The van der Waals surface area contributed by atoms with E-state index in [2.05, 4.69) is 34.6 Å². The molecular formula is C22H20N2O2S. The normalized spacial score (nSPS) is 12.7. The van der Waals surface area contributed by atoms with Crippen LogP contribution in [0.2, 0.25) is 0 Å². The number of aromatic nitrogens is 1. The summed E-state index contributed by atoms with van der Waals surface area (Å²) in [6.45, 7) is 0.881. The molecule has 5 heteroatoms. The van der Waals surface area contributed by atoms with Crippen molar-refractivity contribution in [3.63, 3.8) is 0 Å². The van der Waals surface area contributed by atoms with Crippen molar-refractivity contribution >= 4 is 23.5 Å². The van der Waals surface area contributed by atoms with E-state index in [0.717, 1.165) is 12.1 Å². The average Bonchev–Trinajstić information content (AvgIpc) is 3.32. The van der Waals surface area contributed by atoms with Gasteiger partial charge in [0.1, 0.15) is 6.61 Å². The number of nitrogens with one attached hydrogen (secondary N) is 1. The third-order valence-electron chi connectivity index (χ3n) is 4.66. The Labute approximate surface area is 162 Å². The van der Waals surface area contributed by atoms with E-state index in [0.29, 0.717) is 13.2 Å². The Morgan fingerprint density at radius 1 is 1.11 bits per heavy atom. The number of ether oxygens (including phenoxy) is 1. The van der Waals surface area contributed by atoms with Gasteiger partial charge in [-0.2, -0.15) is 0 Å². The first kappa shape index (κ1) is 17.5. The maximum absolute atomic E-state index is 12.0. The molecule has 1 N–H and O–H groups in total. The zero-order valence-electron chi connectivity index (χ0n) is 14.8. The standard InChI is InChI=1S/C22H20N2O2S/c25-22(23-12-6-5-7-16-14-27-15-24-16)26-13-21-19-10-3-1-8-17(19)18-9-2-4-11-20(18)21/h1-5,7-11,14-15,21H,6,12-13H2,(H,23,25). The second kappa shape index (κ2) is 8.18. The largest absolute Gasteiger partial charge is 0.449 e. The molecule has 1 heterocycles. The van der Waals surface area contributed by atoms with Crippen LogP contribution in [-0.2, 0) is 4.74 Å². The minimum absolute atomic E-state index is 0.0905. The molecule has 0 bridgehead atoms. The number of rotatable bonds is 6. The number of thiazole rings is 1. The van der Waals surface area contributed by atoms with Crippen LogP contribution in [0.3, 0.4) is 0 Å². The van der Waals surface area contributed by atoms with Crippen LogP contribution < -0.4 is 5.32 Å². The third kappa shape index (κ3) is 3.93. The van der Waals surface area contributed by atoms with Crippen LogP contribution in [0, 0.1) is 0 Å². The van der Waals surface area contributed by atoms with Gasteiger partial charge in [0.05, 0.1) is 11.2 Å². The van der Waals surface area contributed by atoms with Gasteiger partial charge in [0.15, 0.2) is 0 Å². The molecule has 27 heavy (non-hydrogen) atoms. The molecule has 3 aromatic rings. The summed E-state index contributed by atoms with van der Waals surface area (Å²) in [4.78, 5) is 16.2. The summed E-state index contributed by atoms with van der Waals surface area (Å²) in [5.41, 5.74) is 7.65. The van der Waals surface area contributed by atoms with Crippen LogP contribution in [0.25, 0.3) is 17.2 Å².